The number of hydrogen-bond donors (Lipinski definition) is 1. The molecule has 0 aliphatic rings. The molecule has 1 N–H and O–H groups in total. The molecule has 2 nitrogen and oxygen atoms in total. The van der Waals surface area contributed by atoms with E-state index < -0.39 is 0 Å². The molecule has 1 aromatic carbocycles. The van der Waals surface area contributed by atoms with Crippen molar-refractivity contribution in [3.05, 3.63) is 28.7 Å². The Morgan fingerprint density at radius 3 is 2.67 bits per heavy atom. The number of anilines is 1. The normalized spacial score (nSPS) is 10.0. The van der Waals surface area contributed by atoms with Gasteiger partial charge in [-0.15, -0.1) is 0 Å². The van der Waals surface area contributed by atoms with Crippen LogP contribution < -0.4 is 5.32 Å². The first-order valence-electron chi connectivity index (χ1n) is 4.76. The molecule has 0 spiro atoms. The van der Waals surface area contributed by atoms with Gasteiger partial charge < -0.3 is 5.32 Å². The van der Waals surface area contributed by atoms with Gasteiger partial charge in [-0.2, -0.15) is 11.8 Å². The van der Waals surface area contributed by atoms with Crippen molar-refractivity contribution < 1.29 is 4.79 Å². The Balaban J connectivity index is 2.34. The summed E-state index contributed by atoms with van der Waals surface area (Å²) >= 11 is 5.11. The predicted octanol–water partition coefficient (Wildman–Crippen LogP) is 3.53. The van der Waals surface area contributed by atoms with Gasteiger partial charge in [-0.25, -0.2) is 0 Å². The summed E-state index contributed by atoms with van der Waals surface area (Å²) < 4.78 is 1.02. The van der Waals surface area contributed by atoms with Gasteiger partial charge >= 0.3 is 0 Å². The van der Waals surface area contributed by atoms with Crippen molar-refractivity contribution in [1.82, 2.24) is 0 Å². The molecular weight excluding hydrogens is 274 g/mol. The van der Waals surface area contributed by atoms with Crippen molar-refractivity contribution in [3.8, 4) is 0 Å². The Morgan fingerprint density at radius 2 is 2.07 bits per heavy atom. The summed E-state index contributed by atoms with van der Waals surface area (Å²) in [6.45, 7) is 0. The fraction of sp³-hybridized carbons (Fsp3) is 0.364. The molecular formula is C11H14BrNOS. The summed E-state index contributed by atoms with van der Waals surface area (Å²) in [5, 5.41) is 2.86. The van der Waals surface area contributed by atoms with Crippen LogP contribution in [0.1, 0.15) is 12.8 Å². The van der Waals surface area contributed by atoms with E-state index in [1.165, 1.54) is 0 Å². The summed E-state index contributed by atoms with van der Waals surface area (Å²) in [5.74, 6) is 1.12. The second-order valence-electron chi connectivity index (χ2n) is 3.15. The van der Waals surface area contributed by atoms with E-state index in [2.05, 4.69) is 21.2 Å². The fourth-order valence-corrected chi connectivity index (χ4v) is 1.83. The number of nitrogens with one attached hydrogen (secondary N) is 1. The van der Waals surface area contributed by atoms with Crippen LogP contribution in [-0.4, -0.2) is 17.9 Å². The minimum absolute atomic E-state index is 0.0892. The number of benzene rings is 1. The molecule has 0 bridgehead atoms. The monoisotopic (exact) mass is 287 g/mol. The third kappa shape index (κ3) is 5.23. The van der Waals surface area contributed by atoms with Crippen molar-refractivity contribution in [1.29, 1.82) is 0 Å². The highest BCUT2D eigenvalue weighted by atomic mass is 79.9. The van der Waals surface area contributed by atoms with Gasteiger partial charge in [0.05, 0.1) is 0 Å². The Bertz CT molecular complexity index is 313. The molecule has 0 heterocycles. The maximum absolute atomic E-state index is 11.4. The number of thioether (sulfide) groups is 1. The van der Waals surface area contributed by atoms with Gasteiger partial charge in [0, 0.05) is 16.6 Å². The zero-order valence-corrected chi connectivity index (χ0v) is 11.0. The van der Waals surface area contributed by atoms with Crippen molar-refractivity contribution in [2.45, 2.75) is 12.8 Å². The maximum Gasteiger partial charge on any atom is 0.224 e. The highest BCUT2D eigenvalue weighted by molar-refractivity contribution is 9.10. The lowest BCUT2D eigenvalue weighted by atomic mass is 10.3. The van der Waals surface area contributed by atoms with Crippen LogP contribution in [0.3, 0.4) is 0 Å². The molecule has 0 unspecified atom stereocenters. The van der Waals surface area contributed by atoms with Gasteiger partial charge in [-0.1, -0.05) is 15.9 Å². The van der Waals surface area contributed by atoms with Crippen LogP contribution in [0.5, 0.6) is 0 Å². The molecule has 4 heteroatoms. The average molecular weight is 288 g/mol. The van der Waals surface area contributed by atoms with E-state index >= 15 is 0 Å². The molecule has 0 saturated carbocycles. The first-order chi connectivity index (χ1) is 7.22. The van der Waals surface area contributed by atoms with Gasteiger partial charge in [0.25, 0.3) is 0 Å². The minimum atomic E-state index is 0.0892. The first-order valence-corrected chi connectivity index (χ1v) is 6.95. The van der Waals surface area contributed by atoms with Gasteiger partial charge in [-0.3, -0.25) is 4.79 Å². The van der Waals surface area contributed by atoms with Crippen LogP contribution in [0.25, 0.3) is 0 Å². The Hall–Kier alpha value is -0.480. The van der Waals surface area contributed by atoms with Gasteiger partial charge in [0.2, 0.25) is 5.91 Å². The molecule has 82 valence electrons. The van der Waals surface area contributed by atoms with Crippen molar-refractivity contribution >= 4 is 39.3 Å². The molecule has 0 atom stereocenters. The highest BCUT2D eigenvalue weighted by Gasteiger charge is 2.01. The number of carbonyl (C=O) groups is 1. The number of amides is 1. The van der Waals surface area contributed by atoms with E-state index in [0.717, 1.165) is 22.3 Å². The maximum atomic E-state index is 11.4. The first kappa shape index (κ1) is 12.6. The lowest BCUT2D eigenvalue weighted by molar-refractivity contribution is -0.116. The SMILES string of the molecule is CSCCCC(=O)Nc1ccc(Br)cc1. The second kappa shape index (κ2) is 6.90. The Morgan fingerprint density at radius 1 is 1.40 bits per heavy atom. The highest BCUT2D eigenvalue weighted by Crippen LogP contribution is 2.14. The summed E-state index contributed by atoms with van der Waals surface area (Å²) in [4.78, 5) is 11.4. The van der Waals surface area contributed by atoms with Crippen molar-refractivity contribution in [3.63, 3.8) is 0 Å². The quantitative estimate of drug-likeness (QED) is 0.840. The zero-order chi connectivity index (χ0) is 11.1. The molecule has 0 saturated heterocycles. The summed E-state index contributed by atoms with van der Waals surface area (Å²) in [6.07, 6.45) is 3.58. The smallest absolute Gasteiger partial charge is 0.224 e. The van der Waals surface area contributed by atoms with Crippen molar-refractivity contribution in [2.24, 2.45) is 0 Å². The molecule has 0 radical (unpaired) electrons. The van der Waals surface area contributed by atoms with E-state index in [1.807, 2.05) is 30.5 Å². The molecule has 1 aromatic rings. The standard InChI is InChI=1S/C11H14BrNOS/c1-15-8-2-3-11(14)13-10-6-4-9(12)5-7-10/h4-7H,2-3,8H2,1H3,(H,13,14). The van der Waals surface area contributed by atoms with E-state index in [1.54, 1.807) is 11.8 Å². The van der Waals surface area contributed by atoms with Crippen LogP contribution in [0.4, 0.5) is 5.69 Å². The fourth-order valence-electron chi connectivity index (χ4n) is 1.13. The van der Waals surface area contributed by atoms with Crippen LogP contribution in [0, 0.1) is 0 Å². The molecule has 1 rings (SSSR count). The number of rotatable bonds is 5. The molecule has 15 heavy (non-hydrogen) atoms. The van der Waals surface area contributed by atoms with E-state index in [4.69, 9.17) is 0 Å². The third-order valence-corrected chi connectivity index (χ3v) is 3.11. The Kier molecular flexibility index (Phi) is 5.79. The van der Waals surface area contributed by atoms with Gasteiger partial charge in [0.1, 0.15) is 0 Å². The van der Waals surface area contributed by atoms with E-state index in [9.17, 15) is 4.79 Å². The molecule has 0 aliphatic carbocycles. The Labute approximate surface area is 103 Å². The largest absolute Gasteiger partial charge is 0.326 e. The van der Waals surface area contributed by atoms with E-state index in [0.29, 0.717) is 6.42 Å². The van der Waals surface area contributed by atoms with Crippen LogP contribution in [0.2, 0.25) is 0 Å². The van der Waals surface area contributed by atoms with Gasteiger partial charge in [0.15, 0.2) is 0 Å². The molecule has 0 aromatic heterocycles. The number of carbonyl (C=O) groups excluding carboxylic acids is 1. The number of halogens is 1. The van der Waals surface area contributed by atoms with Crippen molar-refractivity contribution in [2.75, 3.05) is 17.3 Å². The van der Waals surface area contributed by atoms with Gasteiger partial charge in [-0.05, 0) is 42.7 Å². The summed E-state index contributed by atoms with van der Waals surface area (Å²) in [6, 6.07) is 7.60. The molecule has 0 aliphatic heterocycles. The van der Waals surface area contributed by atoms with Crippen LogP contribution in [0.15, 0.2) is 28.7 Å². The zero-order valence-electron chi connectivity index (χ0n) is 8.63. The lowest BCUT2D eigenvalue weighted by Gasteiger charge is -2.04. The summed E-state index contributed by atoms with van der Waals surface area (Å²) in [7, 11) is 0. The van der Waals surface area contributed by atoms with Crippen LogP contribution >= 0.6 is 27.7 Å². The van der Waals surface area contributed by atoms with E-state index in [-0.39, 0.29) is 5.91 Å². The lowest BCUT2D eigenvalue weighted by Crippen LogP contribution is -2.11. The second-order valence-corrected chi connectivity index (χ2v) is 5.05. The number of hydrogen-bond acceptors (Lipinski definition) is 2. The molecule has 0 fully saturated rings. The average Bonchev–Trinajstić information content (AvgIpc) is 2.22. The molecule has 1 amide bonds. The predicted molar refractivity (Wildman–Crippen MR) is 70.4 cm³/mol. The van der Waals surface area contributed by atoms with Crippen LogP contribution in [-0.2, 0) is 4.79 Å². The minimum Gasteiger partial charge on any atom is -0.326 e. The third-order valence-electron chi connectivity index (χ3n) is 1.88. The summed E-state index contributed by atoms with van der Waals surface area (Å²) in [5.41, 5.74) is 0.854. The topological polar surface area (TPSA) is 29.1 Å².